The Labute approximate surface area is 196 Å². The Morgan fingerprint density at radius 1 is 1.06 bits per heavy atom. The van der Waals surface area contributed by atoms with Gasteiger partial charge in [0.05, 0.1) is 10.4 Å². The third-order valence-electron chi connectivity index (χ3n) is 4.88. The number of fused-ring (bicyclic) bond motifs is 1. The van der Waals surface area contributed by atoms with Crippen LogP contribution in [0.4, 0.5) is 15.8 Å². The third-order valence-corrected chi connectivity index (χ3v) is 4.88. The summed E-state index contributed by atoms with van der Waals surface area (Å²) in [6.07, 6.45) is 1.28. The molecule has 0 aliphatic rings. The second-order valence-corrected chi connectivity index (χ2v) is 7.24. The maximum absolute atomic E-state index is 13.6. The number of hydrogen-bond donors (Lipinski definition) is 3. The molecular weight excluding hydrogens is 457 g/mol. The number of azo groups is 1. The first-order chi connectivity index (χ1) is 16.8. The van der Waals surface area contributed by atoms with Crippen LogP contribution in [0, 0.1) is 15.9 Å². The third kappa shape index (κ3) is 5.25. The number of non-ortho nitro benzene ring substituents is 1. The van der Waals surface area contributed by atoms with Crippen LogP contribution in [-0.4, -0.2) is 26.8 Å². The van der Waals surface area contributed by atoms with E-state index in [9.17, 15) is 29.2 Å². The molecule has 35 heavy (non-hydrogen) atoms. The molecule has 0 aliphatic heterocycles. The number of amides is 2. The second-order valence-electron chi connectivity index (χ2n) is 7.24. The van der Waals surface area contributed by atoms with E-state index in [0.717, 1.165) is 6.07 Å². The van der Waals surface area contributed by atoms with Crippen molar-refractivity contribution in [2.45, 2.75) is 0 Å². The molecule has 0 bridgehead atoms. The van der Waals surface area contributed by atoms with E-state index in [-0.39, 0.29) is 28.0 Å². The van der Waals surface area contributed by atoms with Crippen molar-refractivity contribution in [3.63, 3.8) is 0 Å². The van der Waals surface area contributed by atoms with Crippen molar-refractivity contribution in [2.75, 3.05) is 0 Å². The molecule has 3 N–H and O–H groups in total. The van der Waals surface area contributed by atoms with E-state index >= 15 is 0 Å². The Hall–Kier alpha value is -5.19. The normalized spacial score (nSPS) is 11.6. The van der Waals surface area contributed by atoms with Crippen molar-refractivity contribution >= 4 is 40.2 Å². The predicted molar refractivity (Wildman–Crippen MR) is 124 cm³/mol. The zero-order valence-corrected chi connectivity index (χ0v) is 17.8. The van der Waals surface area contributed by atoms with Crippen LogP contribution in [0.1, 0.15) is 15.9 Å². The molecule has 4 aromatic rings. The van der Waals surface area contributed by atoms with Gasteiger partial charge in [0, 0.05) is 23.1 Å². The smallest absolute Gasteiger partial charge is 0.311 e. The summed E-state index contributed by atoms with van der Waals surface area (Å²) >= 11 is 0. The maximum atomic E-state index is 13.6. The van der Waals surface area contributed by atoms with Crippen molar-refractivity contribution in [1.82, 2.24) is 10.3 Å². The van der Waals surface area contributed by atoms with E-state index in [1.165, 1.54) is 42.5 Å². The second kappa shape index (κ2) is 9.75. The highest BCUT2D eigenvalue weighted by Crippen LogP contribution is 2.35. The molecular formula is C24H16FN5O5. The summed E-state index contributed by atoms with van der Waals surface area (Å²) in [6.45, 7) is 0. The molecule has 4 rings (SSSR count). The van der Waals surface area contributed by atoms with Gasteiger partial charge in [-0.1, -0.05) is 18.2 Å². The van der Waals surface area contributed by atoms with E-state index in [2.05, 4.69) is 20.5 Å². The number of halogens is 1. The summed E-state index contributed by atoms with van der Waals surface area (Å²) in [5, 5.41) is 31.0. The number of hydrogen-bond acceptors (Lipinski definition) is 6. The first kappa shape index (κ1) is 23.0. The number of nitro benzene ring substituents is 1. The van der Waals surface area contributed by atoms with Gasteiger partial charge >= 0.3 is 5.91 Å². The number of aromatic nitrogens is 1. The fourth-order valence-electron chi connectivity index (χ4n) is 3.18. The van der Waals surface area contributed by atoms with E-state index in [1.807, 2.05) is 0 Å². The summed E-state index contributed by atoms with van der Waals surface area (Å²) < 4.78 is 13.6. The van der Waals surface area contributed by atoms with Crippen LogP contribution in [0.15, 0.2) is 88.7 Å². The minimum absolute atomic E-state index is 0.148. The average molecular weight is 473 g/mol. The number of nitro groups is 1. The summed E-state index contributed by atoms with van der Waals surface area (Å²) in [5.41, 5.74) is 0.449. The van der Waals surface area contributed by atoms with Gasteiger partial charge in [0.1, 0.15) is 11.5 Å². The average Bonchev–Trinajstić information content (AvgIpc) is 3.16. The van der Waals surface area contributed by atoms with Crippen molar-refractivity contribution in [2.24, 2.45) is 10.2 Å². The van der Waals surface area contributed by atoms with Crippen LogP contribution in [0.5, 0.6) is 5.88 Å². The number of nitrogens with zero attached hydrogens (tertiary/aromatic N) is 3. The fourth-order valence-corrected chi connectivity index (χ4v) is 3.18. The molecule has 0 radical (unpaired) electrons. The molecule has 11 heteroatoms. The lowest BCUT2D eigenvalue weighted by atomic mass is 10.1. The van der Waals surface area contributed by atoms with E-state index < -0.39 is 28.4 Å². The lowest BCUT2D eigenvalue weighted by molar-refractivity contribution is -0.384. The van der Waals surface area contributed by atoms with Gasteiger partial charge in [0.2, 0.25) is 5.88 Å². The Kier molecular flexibility index (Phi) is 6.40. The lowest BCUT2D eigenvalue weighted by Crippen LogP contribution is -2.26. The Bertz CT molecular complexity index is 1490. The number of aromatic amines is 1. The zero-order chi connectivity index (χ0) is 24.9. The van der Waals surface area contributed by atoms with Gasteiger partial charge in [-0.15, -0.1) is 10.2 Å². The van der Waals surface area contributed by atoms with Crippen LogP contribution >= 0.6 is 0 Å². The molecule has 0 saturated heterocycles. The Morgan fingerprint density at radius 3 is 2.46 bits per heavy atom. The van der Waals surface area contributed by atoms with Gasteiger partial charge in [-0.25, -0.2) is 4.39 Å². The summed E-state index contributed by atoms with van der Waals surface area (Å²) in [5.74, 6) is -2.57. The molecule has 0 spiro atoms. The highest BCUT2D eigenvalue weighted by Gasteiger charge is 2.17. The van der Waals surface area contributed by atoms with Gasteiger partial charge in [0.25, 0.3) is 11.6 Å². The van der Waals surface area contributed by atoms with Crippen LogP contribution in [-0.2, 0) is 4.79 Å². The topological polar surface area (TPSA) is 150 Å². The molecule has 1 aromatic heterocycles. The first-order valence-corrected chi connectivity index (χ1v) is 10.1. The molecule has 2 amide bonds. The number of aromatic hydroxyl groups is 1. The molecule has 0 atom stereocenters. The number of carbonyl (C=O) groups is 2. The van der Waals surface area contributed by atoms with Crippen molar-refractivity contribution in [3.8, 4) is 5.88 Å². The van der Waals surface area contributed by atoms with Crippen LogP contribution in [0.2, 0.25) is 0 Å². The first-order valence-electron chi connectivity index (χ1n) is 10.1. The molecule has 1 heterocycles. The molecule has 10 nitrogen and oxygen atoms in total. The fraction of sp³-hybridized carbons (Fsp3) is 0. The Balaban J connectivity index is 1.68. The zero-order valence-electron chi connectivity index (χ0n) is 17.8. The van der Waals surface area contributed by atoms with Crippen LogP contribution in [0.25, 0.3) is 17.0 Å². The molecule has 0 saturated carbocycles. The largest absolute Gasteiger partial charge is 0.493 e. The number of nitrogens with one attached hydrogen (secondary N) is 2. The molecule has 174 valence electrons. The number of carbonyl (C=O) groups excluding carboxylic acids is 2. The van der Waals surface area contributed by atoms with E-state index in [1.54, 1.807) is 30.3 Å². The Morgan fingerprint density at radius 2 is 1.77 bits per heavy atom. The number of benzene rings is 3. The van der Waals surface area contributed by atoms with Gasteiger partial charge in [0.15, 0.2) is 5.69 Å². The molecule has 0 aliphatic carbocycles. The van der Waals surface area contributed by atoms with Crippen LogP contribution < -0.4 is 5.32 Å². The minimum Gasteiger partial charge on any atom is -0.493 e. The summed E-state index contributed by atoms with van der Waals surface area (Å²) in [6, 6.07) is 17.1. The molecule has 0 fully saturated rings. The molecule has 3 aromatic carbocycles. The standard InChI is InChI=1S/C24H16FN5O5/c25-16-8-11-19-18(13-16)21(24(33)26-19)28-29-23(32)20(27-22(31)15-4-2-1-3-5-15)12-14-6-9-17(10-7-14)30(34)35/h1-13,26,33H,(H,27,31)/b20-12-,29-28?. The lowest BCUT2D eigenvalue weighted by Gasteiger charge is -2.07. The SMILES string of the molecule is O=C(N=Nc1c(O)[nH]c2ccc(F)cc12)/C(=C/c1ccc([N+](=O)[O-])cc1)NC(=O)c1ccccc1. The summed E-state index contributed by atoms with van der Waals surface area (Å²) in [4.78, 5) is 38.4. The summed E-state index contributed by atoms with van der Waals surface area (Å²) in [7, 11) is 0. The van der Waals surface area contributed by atoms with Gasteiger partial charge in [-0.05, 0) is 54.1 Å². The number of H-pyrrole nitrogens is 1. The van der Waals surface area contributed by atoms with Crippen molar-refractivity contribution in [1.29, 1.82) is 0 Å². The number of rotatable bonds is 6. The van der Waals surface area contributed by atoms with Gasteiger partial charge in [-0.3, -0.25) is 19.7 Å². The predicted octanol–water partition coefficient (Wildman–Crippen LogP) is 5.00. The highest BCUT2D eigenvalue weighted by atomic mass is 19.1. The van der Waals surface area contributed by atoms with Crippen molar-refractivity contribution in [3.05, 3.63) is 106 Å². The molecule has 0 unspecified atom stereocenters. The van der Waals surface area contributed by atoms with Gasteiger partial charge < -0.3 is 15.4 Å². The van der Waals surface area contributed by atoms with Crippen LogP contribution in [0.3, 0.4) is 0 Å². The minimum atomic E-state index is -0.974. The maximum Gasteiger partial charge on any atom is 0.311 e. The van der Waals surface area contributed by atoms with Gasteiger partial charge in [-0.2, -0.15) is 0 Å². The quantitative estimate of drug-likeness (QED) is 0.156. The van der Waals surface area contributed by atoms with E-state index in [0.29, 0.717) is 11.1 Å². The van der Waals surface area contributed by atoms with E-state index in [4.69, 9.17) is 0 Å². The van der Waals surface area contributed by atoms with Crippen molar-refractivity contribution < 1.29 is 24.0 Å². The monoisotopic (exact) mass is 473 g/mol. The highest BCUT2D eigenvalue weighted by molar-refractivity contribution is 6.05.